The topological polar surface area (TPSA) is 78.9 Å². The molecule has 0 aromatic rings. The standard InChI is InChI=1S/C64H110O6/c1-4-7-10-13-16-19-22-25-28-30-32-34-36-39-42-45-48-51-54-57-63(66)69-60-61(59-68-62(65)56-53-50-47-44-41-38-27-24-21-18-15-12-9-6-3)70-64(67)58-55-52-49-46-43-40-37-35-33-31-29-26-23-20-17-14-11-8-5-2/h7,10,15-16,18-19,24-25,27-28,32,34,39,42,61H,4-6,8-9,11-14,17,20-23,26,29-31,33,35-38,40-41,43-60H2,1-3H3/b10-7-,18-15-,19-16-,27-24-,28-25-,34-32-,42-39-/t61-/m1/s1. The molecule has 0 unspecified atom stereocenters. The summed E-state index contributed by atoms with van der Waals surface area (Å²) in [7, 11) is 0. The lowest BCUT2D eigenvalue weighted by molar-refractivity contribution is -0.167. The van der Waals surface area contributed by atoms with Gasteiger partial charge in [-0.05, 0) is 89.9 Å². The van der Waals surface area contributed by atoms with Crippen LogP contribution in [-0.4, -0.2) is 37.2 Å². The average Bonchev–Trinajstić information content (AvgIpc) is 3.36. The molecule has 0 aliphatic carbocycles. The molecule has 6 heteroatoms. The van der Waals surface area contributed by atoms with Crippen LogP contribution >= 0.6 is 0 Å². The molecule has 402 valence electrons. The van der Waals surface area contributed by atoms with Crippen LogP contribution in [0.4, 0.5) is 0 Å². The molecule has 0 amide bonds. The van der Waals surface area contributed by atoms with Crippen LogP contribution in [0.15, 0.2) is 85.1 Å². The summed E-state index contributed by atoms with van der Waals surface area (Å²) >= 11 is 0. The molecule has 0 saturated carbocycles. The molecule has 0 radical (unpaired) electrons. The fourth-order valence-corrected chi connectivity index (χ4v) is 8.19. The predicted molar refractivity (Wildman–Crippen MR) is 302 cm³/mol. The van der Waals surface area contributed by atoms with Gasteiger partial charge in [0.05, 0.1) is 0 Å². The van der Waals surface area contributed by atoms with Gasteiger partial charge in [-0.1, -0.05) is 260 Å². The Morgan fingerprint density at radius 1 is 0.300 bits per heavy atom. The Labute approximate surface area is 433 Å². The van der Waals surface area contributed by atoms with Crippen LogP contribution in [0.5, 0.6) is 0 Å². The number of carbonyl (C=O) groups is 3. The first kappa shape index (κ1) is 66.6. The number of carbonyl (C=O) groups excluding carboxylic acids is 3. The number of unbranched alkanes of at least 4 members (excludes halogenated alkanes) is 28. The Kier molecular flexibility index (Phi) is 55.3. The third-order valence-corrected chi connectivity index (χ3v) is 12.6. The van der Waals surface area contributed by atoms with Gasteiger partial charge in [0, 0.05) is 19.3 Å². The van der Waals surface area contributed by atoms with Gasteiger partial charge in [0.25, 0.3) is 0 Å². The summed E-state index contributed by atoms with van der Waals surface area (Å²) in [5.41, 5.74) is 0. The lowest BCUT2D eigenvalue weighted by Gasteiger charge is -2.18. The van der Waals surface area contributed by atoms with E-state index in [1.807, 2.05) is 0 Å². The van der Waals surface area contributed by atoms with E-state index in [0.717, 1.165) is 122 Å². The zero-order chi connectivity index (χ0) is 50.7. The van der Waals surface area contributed by atoms with E-state index in [-0.39, 0.29) is 31.1 Å². The van der Waals surface area contributed by atoms with Gasteiger partial charge in [-0.15, -0.1) is 0 Å². The fourth-order valence-electron chi connectivity index (χ4n) is 8.19. The van der Waals surface area contributed by atoms with Crippen LogP contribution in [0.2, 0.25) is 0 Å². The van der Waals surface area contributed by atoms with Crippen molar-refractivity contribution in [2.24, 2.45) is 0 Å². The first-order valence-corrected chi connectivity index (χ1v) is 29.6. The Hall–Kier alpha value is -3.41. The molecule has 0 saturated heterocycles. The van der Waals surface area contributed by atoms with Gasteiger partial charge in [-0.25, -0.2) is 0 Å². The van der Waals surface area contributed by atoms with Crippen molar-refractivity contribution in [3.8, 4) is 0 Å². The van der Waals surface area contributed by atoms with Gasteiger partial charge in [-0.3, -0.25) is 14.4 Å². The number of esters is 3. The second-order valence-corrected chi connectivity index (χ2v) is 19.5. The molecule has 70 heavy (non-hydrogen) atoms. The predicted octanol–water partition coefficient (Wildman–Crippen LogP) is 19.9. The lowest BCUT2D eigenvalue weighted by atomic mass is 10.0. The second-order valence-electron chi connectivity index (χ2n) is 19.5. The highest BCUT2D eigenvalue weighted by Gasteiger charge is 2.19. The Morgan fingerprint density at radius 3 is 0.929 bits per heavy atom. The van der Waals surface area contributed by atoms with Gasteiger partial charge < -0.3 is 14.2 Å². The van der Waals surface area contributed by atoms with Crippen LogP contribution in [0.3, 0.4) is 0 Å². The Bertz CT molecular complexity index is 1350. The minimum absolute atomic E-state index is 0.0928. The number of rotatable bonds is 53. The van der Waals surface area contributed by atoms with E-state index in [0.29, 0.717) is 19.3 Å². The first-order chi connectivity index (χ1) is 34.5. The molecule has 0 spiro atoms. The third kappa shape index (κ3) is 55.5. The molecule has 0 heterocycles. The van der Waals surface area contributed by atoms with E-state index in [1.54, 1.807) is 0 Å². The SMILES string of the molecule is CC/C=C\C/C=C\C/C=C\C/C=C\C/C=C\CCCCCC(=O)OC[C@@H](COC(=O)CCCCCCC/C=C\C/C=C\CCCC)OC(=O)CCCCCCCCCCCCCCCCCCCCC. The number of hydrogen-bond donors (Lipinski definition) is 0. The quantitative estimate of drug-likeness (QED) is 0.0261. The highest BCUT2D eigenvalue weighted by molar-refractivity contribution is 5.71. The summed E-state index contributed by atoms with van der Waals surface area (Å²) < 4.78 is 16.9. The fraction of sp³-hybridized carbons (Fsp3) is 0.734. The zero-order valence-electron chi connectivity index (χ0n) is 46.0. The van der Waals surface area contributed by atoms with Gasteiger partial charge in [0.1, 0.15) is 13.2 Å². The molecule has 0 fully saturated rings. The molecule has 0 bridgehead atoms. The van der Waals surface area contributed by atoms with E-state index in [1.165, 1.54) is 122 Å². The summed E-state index contributed by atoms with van der Waals surface area (Å²) in [5.74, 6) is -0.929. The third-order valence-electron chi connectivity index (χ3n) is 12.6. The zero-order valence-corrected chi connectivity index (χ0v) is 46.0. The molecule has 0 N–H and O–H groups in total. The van der Waals surface area contributed by atoms with Crippen molar-refractivity contribution in [3.05, 3.63) is 85.1 Å². The summed E-state index contributed by atoms with van der Waals surface area (Å²) in [5, 5.41) is 0. The minimum atomic E-state index is -0.795. The van der Waals surface area contributed by atoms with E-state index < -0.39 is 6.10 Å². The van der Waals surface area contributed by atoms with E-state index in [4.69, 9.17) is 14.2 Å². The van der Waals surface area contributed by atoms with Gasteiger partial charge in [0.15, 0.2) is 6.10 Å². The maximum atomic E-state index is 12.9. The Balaban J connectivity index is 4.43. The molecule has 0 aliphatic heterocycles. The normalized spacial score (nSPS) is 12.7. The maximum Gasteiger partial charge on any atom is 0.306 e. The lowest BCUT2D eigenvalue weighted by Crippen LogP contribution is -2.30. The van der Waals surface area contributed by atoms with Crippen molar-refractivity contribution in [2.75, 3.05) is 13.2 Å². The van der Waals surface area contributed by atoms with Crippen LogP contribution in [0, 0.1) is 0 Å². The van der Waals surface area contributed by atoms with Crippen molar-refractivity contribution in [1.82, 2.24) is 0 Å². The largest absolute Gasteiger partial charge is 0.462 e. The van der Waals surface area contributed by atoms with Crippen molar-refractivity contribution in [2.45, 2.75) is 290 Å². The van der Waals surface area contributed by atoms with Crippen molar-refractivity contribution >= 4 is 17.9 Å². The van der Waals surface area contributed by atoms with Gasteiger partial charge in [-0.2, -0.15) is 0 Å². The number of hydrogen-bond acceptors (Lipinski definition) is 6. The molecular formula is C64H110O6. The molecule has 0 aromatic carbocycles. The van der Waals surface area contributed by atoms with Crippen LogP contribution < -0.4 is 0 Å². The highest BCUT2D eigenvalue weighted by Crippen LogP contribution is 2.16. The van der Waals surface area contributed by atoms with Gasteiger partial charge in [0.2, 0.25) is 0 Å². The second kappa shape index (κ2) is 58.2. The molecular weight excluding hydrogens is 865 g/mol. The van der Waals surface area contributed by atoms with E-state index in [2.05, 4.69) is 106 Å². The van der Waals surface area contributed by atoms with Crippen molar-refractivity contribution in [1.29, 1.82) is 0 Å². The molecule has 1 atom stereocenters. The van der Waals surface area contributed by atoms with Crippen LogP contribution in [0.1, 0.15) is 284 Å². The maximum absolute atomic E-state index is 12.9. The van der Waals surface area contributed by atoms with Gasteiger partial charge >= 0.3 is 17.9 Å². The van der Waals surface area contributed by atoms with Crippen LogP contribution in [0.25, 0.3) is 0 Å². The monoisotopic (exact) mass is 975 g/mol. The van der Waals surface area contributed by atoms with E-state index in [9.17, 15) is 14.4 Å². The first-order valence-electron chi connectivity index (χ1n) is 29.6. The van der Waals surface area contributed by atoms with E-state index >= 15 is 0 Å². The average molecular weight is 976 g/mol. The van der Waals surface area contributed by atoms with Crippen molar-refractivity contribution in [3.63, 3.8) is 0 Å². The molecule has 0 aliphatic rings. The number of ether oxygens (including phenoxy) is 3. The molecule has 0 aromatic heterocycles. The smallest absolute Gasteiger partial charge is 0.306 e. The van der Waals surface area contributed by atoms with Crippen molar-refractivity contribution < 1.29 is 28.6 Å². The summed E-state index contributed by atoms with van der Waals surface area (Å²) in [4.78, 5) is 38.2. The summed E-state index contributed by atoms with van der Waals surface area (Å²) in [6.07, 6.45) is 75.7. The highest BCUT2D eigenvalue weighted by atomic mass is 16.6. The van der Waals surface area contributed by atoms with Crippen LogP contribution in [-0.2, 0) is 28.6 Å². The molecule has 0 rings (SSSR count). The minimum Gasteiger partial charge on any atom is -0.462 e. The number of allylic oxidation sites excluding steroid dienone is 14. The summed E-state index contributed by atoms with van der Waals surface area (Å²) in [6, 6.07) is 0. The summed E-state index contributed by atoms with van der Waals surface area (Å²) in [6.45, 7) is 6.47. The Morgan fingerprint density at radius 2 is 0.571 bits per heavy atom. The molecule has 6 nitrogen and oxygen atoms in total.